The van der Waals surface area contributed by atoms with E-state index in [9.17, 15) is 0 Å². The number of hydrogen-bond donors (Lipinski definition) is 0. The molecule has 13 heavy (non-hydrogen) atoms. The maximum Gasteiger partial charge on any atom is 0.150 e. The second-order valence-electron chi connectivity index (χ2n) is 4.52. The van der Waals surface area contributed by atoms with Crippen molar-refractivity contribution in [2.75, 3.05) is 0 Å². The van der Waals surface area contributed by atoms with Crippen molar-refractivity contribution in [3.8, 4) is 0 Å². The van der Waals surface area contributed by atoms with E-state index in [2.05, 4.69) is 45.0 Å². The lowest BCUT2D eigenvalue weighted by Gasteiger charge is -2.23. The molecular formula is C11H17ClSi. The van der Waals surface area contributed by atoms with Gasteiger partial charge >= 0.3 is 0 Å². The van der Waals surface area contributed by atoms with Gasteiger partial charge in [-0.05, 0) is 16.6 Å². The fourth-order valence-corrected chi connectivity index (χ4v) is 2.96. The molecule has 0 aliphatic heterocycles. The van der Waals surface area contributed by atoms with Crippen LogP contribution in [0.5, 0.6) is 0 Å². The predicted molar refractivity (Wildman–Crippen MR) is 62.9 cm³/mol. The van der Waals surface area contributed by atoms with Crippen molar-refractivity contribution in [1.29, 1.82) is 0 Å². The Balaban J connectivity index is 2.61. The highest BCUT2D eigenvalue weighted by atomic mass is 35.6. The Morgan fingerprint density at radius 3 is 2.15 bits per heavy atom. The van der Waals surface area contributed by atoms with Gasteiger partial charge in [0.1, 0.15) is 0 Å². The minimum atomic E-state index is -1.14. The Morgan fingerprint density at radius 2 is 1.69 bits per heavy atom. The highest BCUT2D eigenvalue weighted by molar-refractivity contribution is 7.08. The molecule has 0 amide bonds. The first-order valence-electron chi connectivity index (χ1n) is 4.68. The van der Waals surface area contributed by atoms with Crippen molar-refractivity contribution in [2.45, 2.75) is 31.9 Å². The van der Waals surface area contributed by atoms with Crippen molar-refractivity contribution in [3.63, 3.8) is 0 Å². The number of rotatable bonds is 2. The molecule has 0 radical (unpaired) electrons. The van der Waals surface area contributed by atoms with Gasteiger partial charge in [-0.25, -0.2) is 0 Å². The summed E-state index contributed by atoms with van der Waals surface area (Å²) >= 11 is 6.43. The number of hydrogen-bond acceptors (Lipinski definition) is 0. The van der Waals surface area contributed by atoms with Gasteiger partial charge in [0.2, 0.25) is 0 Å². The van der Waals surface area contributed by atoms with Crippen LogP contribution in [0, 0.1) is 0 Å². The molecule has 0 bridgehead atoms. The van der Waals surface area contributed by atoms with E-state index < -0.39 is 8.11 Å². The topological polar surface area (TPSA) is 0 Å². The van der Waals surface area contributed by atoms with Crippen LogP contribution in [-0.4, -0.2) is 8.11 Å². The maximum atomic E-state index is 6.43. The Labute approximate surface area is 87.2 Å². The highest BCUT2D eigenvalue weighted by Gasteiger charge is 2.24. The minimum absolute atomic E-state index is 0.317. The fraction of sp³-hybridized carbons (Fsp3) is 0.455. The lowest BCUT2D eigenvalue weighted by Crippen LogP contribution is -2.22. The summed E-state index contributed by atoms with van der Waals surface area (Å²) in [6, 6.07) is 11.6. The molecule has 1 rings (SSSR count). The molecule has 0 spiro atoms. The molecule has 2 heteroatoms. The zero-order chi connectivity index (χ0) is 9.90. The van der Waals surface area contributed by atoms with Crippen LogP contribution in [-0.2, 0) is 6.04 Å². The molecule has 1 atom stereocenters. The monoisotopic (exact) mass is 212 g/mol. The SMILES string of the molecule is CC(C)(C)[SiH](Cl)Cc1ccccc1. The summed E-state index contributed by atoms with van der Waals surface area (Å²) in [5.74, 6) is 0. The molecule has 1 aromatic rings. The number of halogens is 1. The van der Waals surface area contributed by atoms with Crippen LogP contribution in [0.3, 0.4) is 0 Å². The average molecular weight is 213 g/mol. The summed E-state index contributed by atoms with van der Waals surface area (Å²) in [6.07, 6.45) is 0. The van der Waals surface area contributed by atoms with Gasteiger partial charge in [-0.2, -0.15) is 11.1 Å². The molecular weight excluding hydrogens is 196 g/mol. The first-order valence-corrected chi connectivity index (χ1v) is 7.82. The standard InChI is InChI=1S/C11H17ClSi/c1-11(2,3)13(12)9-10-7-5-4-6-8-10/h4-8,13H,9H2,1-3H3. The molecule has 0 N–H and O–H groups in total. The molecule has 0 saturated carbocycles. The summed E-state index contributed by atoms with van der Waals surface area (Å²) in [5.41, 5.74) is 1.38. The van der Waals surface area contributed by atoms with E-state index in [0.717, 1.165) is 6.04 Å². The molecule has 1 unspecified atom stereocenters. The second kappa shape index (κ2) is 4.29. The summed E-state index contributed by atoms with van der Waals surface area (Å²) in [7, 11) is -1.14. The smallest absolute Gasteiger partial charge is 0.150 e. The number of benzene rings is 1. The van der Waals surface area contributed by atoms with Crippen molar-refractivity contribution in [3.05, 3.63) is 35.9 Å². The normalized spacial score (nSPS) is 14.2. The van der Waals surface area contributed by atoms with Crippen LogP contribution < -0.4 is 0 Å². The van der Waals surface area contributed by atoms with E-state index in [1.165, 1.54) is 5.56 Å². The van der Waals surface area contributed by atoms with Crippen LogP contribution in [0.2, 0.25) is 5.04 Å². The average Bonchev–Trinajstić information content (AvgIpc) is 2.04. The first-order chi connectivity index (χ1) is 6.00. The molecule has 0 nitrogen and oxygen atoms in total. The van der Waals surface area contributed by atoms with Crippen LogP contribution >= 0.6 is 11.1 Å². The van der Waals surface area contributed by atoms with Crippen LogP contribution in [0.25, 0.3) is 0 Å². The molecule has 72 valence electrons. The van der Waals surface area contributed by atoms with Crippen LogP contribution in [0.15, 0.2) is 30.3 Å². The molecule has 0 aliphatic rings. The minimum Gasteiger partial charge on any atom is -0.171 e. The lowest BCUT2D eigenvalue weighted by molar-refractivity contribution is 0.743. The lowest BCUT2D eigenvalue weighted by atomic mass is 10.2. The van der Waals surface area contributed by atoms with Gasteiger partial charge in [0.15, 0.2) is 8.11 Å². The van der Waals surface area contributed by atoms with Crippen molar-refractivity contribution >= 4 is 19.2 Å². The van der Waals surface area contributed by atoms with Gasteiger partial charge in [0.25, 0.3) is 0 Å². The molecule has 0 aromatic heterocycles. The summed E-state index contributed by atoms with van der Waals surface area (Å²) in [6.45, 7) is 6.71. The van der Waals surface area contributed by atoms with E-state index >= 15 is 0 Å². The Bertz CT molecular complexity index is 251. The van der Waals surface area contributed by atoms with Crippen LogP contribution in [0.4, 0.5) is 0 Å². The van der Waals surface area contributed by atoms with Gasteiger partial charge in [-0.3, -0.25) is 0 Å². The molecule has 0 aliphatic carbocycles. The first kappa shape index (κ1) is 10.8. The summed E-state index contributed by atoms with van der Waals surface area (Å²) in [4.78, 5) is 0. The van der Waals surface area contributed by atoms with Crippen LogP contribution in [0.1, 0.15) is 26.3 Å². The summed E-state index contributed by atoms with van der Waals surface area (Å²) in [5, 5.41) is 0.317. The predicted octanol–water partition coefficient (Wildman–Crippen LogP) is 3.53. The van der Waals surface area contributed by atoms with Crippen molar-refractivity contribution in [1.82, 2.24) is 0 Å². The summed E-state index contributed by atoms with van der Waals surface area (Å²) < 4.78 is 0. The quantitative estimate of drug-likeness (QED) is 0.520. The molecule has 0 saturated heterocycles. The third-order valence-corrected chi connectivity index (χ3v) is 7.33. The third-order valence-electron chi connectivity index (χ3n) is 2.20. The highest BCUT2D eigenvalue weighted by Crippen LogP contribution is 2.30. The van der Waals surface area contributed by atoms with E-state index in [1.54, 1.807) is 0 Å². The van der Waals surface area contributed by atoms with E-state index in [-0.39, 0.29) is 0 Å². The van der Waals surface area contributed by atoms with Gasteiger partial charge in [-0.1, -0.05) is 51.1 Å². The third kappa shape index (κ3) is 3.53. The van der Waals surface area contributed by atoms with Gasteiger partial charge < -0.3 is 0 Å². The van der Waals surface area contributed by atoms with Gasteiger partial charge in [-0.15, -0.1) is 0 Å². The molecule has 1 aromatic carbocycles. The fourth-order valence-electron chi connectivity index (χ4n) is 1.13. The van der Waals surface area contributed by atoms with E-state index in [0.29, 0.717) is 5.04 Å². The Morgan fingerprint density at radius 1 is 1.15 bits per heavy atom. The van der Waals surface area contributed by atoms with Crippen molar-refractivity contribution < 1.29 is 0 Å². The zero-order valence-electron chi connectivity index (χ0n) is 8.55. The Kier molecular flexibility index (Phi) is 3.57. The van der Waals surface area contributed by atoms with E-state index in [4.69, 9.17) is 11.1 Å². The zero-order valence-corrected chi connectivity index (χ0v) is 10.5. The maximum absolute atomic E-state index is 6.43. The largest absolute Gasteiger partial charge is 0.171 e. The van der Waals surface area contributed by atoms with Gasteiger partial charge in [0, 0.05) is 0 Å². The van der Waals surface area contributed by atoms with Crippen molar-refractivity contribution in [2.24, 2.45) is 0 Å². The molecule has 0 heterocycles. The molecule has 0 fully saturated rings. The van der Waals surface area contributed by atoms with Gasteiger partial charge in [0.05, 0.1) is 0 Å². The second-order valence-corrected chi connectivity index (χ2v) is 9.18. The Hall–Kier alpha value is -0.273. The van der Waals surface area contributed by atoms with E-state index in [1.807, 2.05) is 6.07 Å².